The minimum atomic E-state index is -5.01. The number of hydrogen-bond donors (Lipinski definition) is 2. The quantitative estimate of drug-likeness (QED) is 0.181. The molecule has 1 aliphatic carbocycles. The highest BCUT2D eigenvalue weighted by Gasteiger charge is 2.52. The summed E-state index contributed by atoms with van der Waals surface area (Å²) in [4.78, 5) is 32.6. The fourth-order valence-corrected chi connectivity index (χ4v) is 7.11. The molecule has 4 aliphatic rings. The summed E-state index contributed by atoms with van der Waals surface area (Å²) < 4.78 is 86.0. The Labute approximate surface area is 261 Å². The Morgan fingerprint density at radius 2 is 1.72 bits per heavy atom. The summed E-state index contributed by atoms with van der Waals surface area (Å²) in [6.45, 7) is 5.11. The van der Waals surface area contributed by atoms with Crippen LogP contribution in [-0.4, -0.2) is 59.8 Å². The Bertz CT molecular complexity index is 1640. The van der Waals surface area contributed by atoms with E-state index < -0.39 is 59.7 Å². The minimum Gasteiger partial charge on any atom is -0.497 e. The second-order valence-electron chi connectivity index (χ2n) is 12.2. The van der Waals surface area contributed by atoms with Crippen LogP contribution in [0, 0.1) is 11.8 Å². The number of piperidine rings is 3. The van der Waals surface area contributed by atoms with Crippen molar-refractivity contribution in [2.45, 2.75) is 55.9 Å². The van der Waals surface area contributed by atoms with Gasteiger partial charge in [0, 0.05) is 36.8 Å². The standard InChI is InChI=1S/C33H32F6N4O3/c1-3-18-16-43-9-7-19(18)12-26(43)27(23-6-8-40-25-5-4-22(46-2)14-24(23)25)42-29-28(30(44)31(29)45)41-15-17-10-20(32(34,35)36)13-21(11-17)33(37,38)39/h3-6,8,10-11,13-14,18-19,26-29,41-42H,1,7,9,12,15-16H2,2H3/t18-,19-,26-,27-,28?,29?/m0/s1. The summed E-state index contributed by atoms with van der Waals surface area (Å²) in [7, 11) is 1.55. The molecule has 7 rings (SSSR count). The number of ether oxygens (including phenoxy) is 1. The van der Waals surface area contributed by atoms with Gasteiger partial charge in [-0.2, -0.15) is 26.3 Å². The SMILES string of the molecule is C=C[C@H]1CN2CC[C@H]1C[C@H]2[C@@H](NC1C(=O)C(=O)C1NCc1cc(C(F)(F)F)cc(C(F)(F)F)c1)c1ccnc2ccc(OC)cc12. The number of halogens is 6. The van der Waals surface area contributed by atoms with Crippen LogP contribution in [0.2, 0.25) is 0 Å². The number of Topliss-reactive ketones (excluding diaryl/α,β-unsaturated/α-hetero) is 2. The third-order valence-electron chi connectivity index (χ3n) is 9.53. The van der Waals surface area contributed by atoms with Crippen molar-refractivity contribution >= 4 is 22.5 Å². The van der Waals surface area contributed by atoms with Gasteiger partial charge in [-0.25, -0.2) is 0 Å². The molecule has 0 radical (unpaired) electrons. The highest BCUT2D eigenvalue weighted by molar-refractivity contribution is 6.49. The molecule has 3 unspecified atom stereocenters. The van der Waals surface area contributed by atoms with Gasteiger partial charge in [-0.3, -0.25) is 24.8 Å². The van der Waals surface area contributed by atoms with Gasteiger partial charge in [0.15, 0.2) is 0 Å². The fourth-order valence-electron chi connectivity index (χ4n) is 7.11. The first-order chi connectivity index (χ1) is 21.8. The number of ketones is 2. The first-order valence-corrected chi connectivity index (χ1v) is 14.9. The number of pyridine rings is 1. The highest BCUT2D eigenvalue weighted by atomic mass is 19.4. The lowest BCUT2D eigenvalue weighted by atomic mass is 9.72. The molecule has 3 saturated heterocycles. The molecule has 3 aromatic rings. The van der Waals surface area contributed by atoms with Crippen molar-refractivity contribution in [1.29, 1.82) is 0 Å². The molecule has 1 saturated carbocycles. The van der Waals surface area contributed by atoms with Gasteiger partial charge in [0.25, 0.3) is 0 Å². The molecular formula is C33H32F6N4O3. The van der Waals surface area contributed by atoms with Crippen LogP contribution in [0.3, 0.4) is 0 Å². The lowest BCUT2D eigenvalue weighted by Gasteiger charge is -2.52. The minimum absolute atomic E-state index is 0.0503. The van der Waals surface area contributed by atoms with E-state index in [4.69, 9.17) is 4.74 Å². The second-order valence-corrected chi connectivity index (χ2v) is 12.2. The molecule has 13 heteroatoms. The molecular weight excluding hydrogens is 614 g/mol. The van der Waals surface area contributed by atoms with Crippen LogP contribution >= 0.6 is 0 Å². The van der Waals surface area contributed by atoms with E-state index in [9.17, 15) is 35.9 Å². The third kappa shape index (κ3) is 6.03. The number of fused-ring (bicyclic) bond motifs is 4. The van der Waals surface area contributed by atoms with Crippen molar-refractivity contribution in [3.05, 3.63) is 83.6 Å². The van der Waals surface area contributed by atoms with Crippen LogP contribution in [0.1, 0.15) is 41.1 Å². The lowest BCUT2D eigenvalue weighted by molar-refractivity contribution is -0.148. The van der Waals surface area contributed by atoms with Crippen LogP contribution in [0.5, 0.6) is 5.75 Å². The topological polar surface area (TPSA) is 83.6 Å². The zero-order valence-corrected chi connectivity index (χ0v) is 24.8. The van der Waals surface area contributed by atoms with Gasteiger partial charge in [-0.15, -0.1) is 6.58 Å². The predicted molar refractivity (Wildman–Crippen MR) is 157 cm³/mol. The molecule has 7 nitrogen and oxygen atoms in total. The number of nitrogens with one attached hydrogen (secondary N) is 2. The number of benzene rings is 2. The van der Waals surface area contributed by atoms with Crippen molar-refractivity contribution in [2.24, 2.45) is 11.8 Å². The van der Waals surface area contributed by atoms with Gasteiger partial charge in [-0.05, 0) is 84.8 Å². The molecule has 3 aliphatic heterocycles. The van der Waals surface area contributed by atoms with Crippen molar-refractivity contribution < 1.29 is 40.7 Å². The van der Waals surface area contributed by atoms with Crippen LogP contribution in [-0.2, 0) is 28.5 Å². The largest absolute Gasteiger partial charge is 0.497 e. The van der Waals surface area contributed by atoms with E-state index in [0.717, 1.165) is 36.9 Å². The van der Waals surface area contributed by atoms with Crippen molar-refractivity contribution in [3.8, 4) is 5.75 Å². The number of carbonyl (C=O) groups excluding carboxylic acids is 2. The summed E-state index contributed by atoms with van der Waals surface area (Å²) in [6, 6.07) is 5.82. The van der Waals surface area contributed by atoms with Gasteiger partial charge in [0.2, 0.25) is 11.6 Å². The molecule has 0 amide bonds. The van der Waals surface area contributed by atoms with E-state index in [0.29, 0.717) is 35.2 Å². The van der Waals surface area contributed by atoms with E-state index in [1.807, 2.05) is 24.3 Å². The van der Waals surface area contributed by atoms with Crippen molar-refractivity contribution in [1.82, 2.24) is 20.5 Å². The highest BCUT2D eigenvalue weighted by Crippen LogP contribution is 2.43. The summed E-state index contributed by atoms with van der Waals surface area (Å²) >= 11 is 0. The molecule has 7 atom stereocenters. The second kappa shape index (κ2) is 12.1. The van der Waals surface area contributed by atoms with Gasteiger partial charge in [-0.1, -0.05) is 6.08 Å². The average Bonchev–Trinajstić information content (AvgIpc) is 3.04. The van der Waals surface area contributed by atoms with Crippen LogP contribution < -0.4 is 15.4 Å². The molecule has 244 valence electrons. The smallest absolute Gasteiger partial charge is 0.416 e. The van der Waals surface area contributed by atoms with Gasteiger partial charge >= 0.3 is 12.4 Å². The monoisotopic (exact) mass is 646 g/mol. The van der Waals surface area contributed by atoms with Gasteiger partial charge in [0.1, 0.15) is 5.75 Å². The first-order valence-electron chi connectivity index (χ1n) is 14.9. The molecule has 2 aromatic carbocycles. The first kappa shape index (κ1) is 32.1. The van der Waals surface area contributed by atoms with E-state index in [2.05, 4.69) is 27.1 Å². The Morgan fingerprint density at radius 1 is 1.02 bits per heavy atom. The fraction of sp³-hybridized carbons (Fsp3) is 0.424. The summed E-state index contributed by atoms with van der Waals surface area (Å²) in [6.07, 6.45) is -4.60. The molecule has 4 heterocycles. The van der Waals surface area contributed by atoms with Crippen molar-refractivity contribution in [2.75, 3.05) is 20.2 Å². The number of aromatic nitrogens is 1. The lowest BCUT2D eigenvalue weighted by Crippen LogP contribution is -2.71. The number of nitrogens with zero attached hydrogens (tertiary/aromatic N) is 2. The molecule has 2 bridgehead atoms. The van der Waals surface area contributed by atoms with E-state index >= 15 is 0 Å². The van der Waals surface area contributed by atoms with Crippen molar-refractivity contribution in [3.63, 3.8) is 0 Å². The van der Waals surface area contributed by atoms with Crippen LogP contribution in [0.4, 0.5) is 26.3 Å². The Morgan fingerprint density at radius 3 is 2.33 bits per heavy atom. The zero-order chi connectivity index (χ0) is 33.0. The van der Waals surface area contributed by atoms with E-state index in [-0.39, 0.29) is 17.7 Å². The zero-order valence-electron chi connectivity index (χ0n) is 24.8. The number of rotatable bonds is 9. The molecule has 2 N–H and O–H groups in total. The molecule has 1 aromatic heterocycles. The summed E-state index contributed by atoms with van der Waals surface area (Å²) in [5, 5.41) is 6.94. The molecule has 46 heavy (non-hydrogen) atoms. The maximum absolute atomic E-state index is 13.4. The maximum Gasteiger partial charge on any atom is 0.416 e. The average molecular weight is 647 g/mol. The van der Waals surface area contributed by atoms with E-state index in [1.165, 1.54) is 0 Å². The van der Waals surface area contributed by atoms with Gasteiger partial charge in [0.05, 0.1) is 35.8 Å². The third-order valence-corrected chi connectivity index (χ3v) is 9.53. The van der Waals surface area contributed by atoms with E-state index in [1.54, 1.807) is 19.4 Å². The normalized spacial score (nSPS) is 27.0. The number of hydrogen-bond acceptors (Lipinski definition) is 7. The van der Waals surface area contributed by atoms with Crippen LogP contribution in [0.15, 0.2) is 61.3 Å². The number of alkyl halides is 6. The van der Waals surface area contributed by atoms with Gasteiger partial charge < -0.3 is 10.1 Å². The molecule has 0 spiro atoms. The Hall–Kier alpha value is -3.81. The number of methoxy groups -OCH3 is 1. The summed E-state index contributed by atoms with van der Waals surface area (Å²) in [5.41, 5.74) is -1.70. The Balaban J connectivity index is 1.31. The predicted octanol–water partition coefficient (Wildman–Crippen LogP) is 5.49. The maximum atomic E-state index is 13.4. The van der Waals surface area contributed by atoms with Crippen LogP contribution in [0.25, 0.3) is 10.9 Å². The molecule has 4 fully saturated rings. The summed E-state index contributed by atoms with van der Waals surface area (Å²) in [5.74, 6) is -0.214. The number of carbonyl (C=O) groups is 2. The Kier molecular flexibility index (Phi) is 8.45.